The number of nitrogens with zero attached hydrogens (tertiary/aromatic N) is 2. The third kappa shape index (κ3) is 2.28. The summed E-state index contributed by atoms with van der Waals surface area (Å²) in [7, 11) is 0. The number of aromatic nitrogens is 2. The van der Waals surface area contributed by atoms with Crippen LogP contribution in [-0.4, -0.2) is 10.1 Å². The lowest BCUT2D eigenvalue weighted by Gasteiger charge is -2.29. The lowest BCUT2D eigenvalue weighted by atomic mass is 9.82. The van der Waals surface area contributed by atoms with Crippen LogP contribution in [0.3, 0.4) is 0 Å². The second kappa shape index (κ2) is 4.78. The molecule has 0 radical (unpaired) electrons. The van der Waals surface area contributed by atoms with Crippen molar-refractivity contribution in [1.82, 2.24) is 10.1 Å². The van der Waals surface area contributed by atoms with Crippen LogP contribution >= 0.6 is 0 Å². The first kappa shape index (κ1) is 12.4. The third-order valence-electron chi connectivity index (χ3n) is 3.98. The molecule has 0 aliphatic heterocycles. The summed E-state index contributed by atoms with van der Waals surface area (Å²) in [4.78, 5) is 4.53. The van der Waals surface area contributed by atoms with E-state index in [4.69, 9.17) is 10.3 Å². The van der Waals surface area contributed by atoms with Crippen molar-refractivity contribution in [2.75, 3.05) is 0 Å². The van der Waals surface area contributed by atoms with Crippen LogP contribution in [0.1, 0.15) is 43.6 Å². The van der Waals surface area contributed by atoms with Crippen LogP contribution in [0.2, 0.25) is 0 Å². The zero-order chi connectivity index (χ0) is 13.3. The Morgan fingerprint density at radius 2 is 1.89 bits per heavy atom. The predicted octanol–water partition coefficient (Wildman–Crippen LogP) is 3.16. The maximum absolute atomic E-state index is 6.41. The number of aryl methyl sites for hydroxylation is 1. The second-order valence-corrected chi connectivity index (χ2v) is 5.45. The number of rotatable bonds is 2. The van der Waals surface area contributed by atoms with E-state index in [0.29, 0.717) is 11.7 Å². The van der Waals surface area contributed by atoms with Crippen LogP contribution in [0.25, 0.3) is 11.4 Å². The molecule has 1 saturated carbocycles. The molecular formula is C15H19N3O. The predicted molar refractivity (Wildman–Crippen MR) is 73.4 cm³/mol. The van der Waals surface area contributed by atoms with Gasteiger partial charge in [-0.1, -0.05) is 48.7 Å². The Morgan fingerprint density at radius 1 is 1.16 bits per heavy atom. The van der Waals surface area contributed by atoms with Gasteiger partial charge in [0.15, 0.2) is 0 Å². The largest absolute Gasteiger partial charge is 0.337 e. The molecule has 0 spiro atoms. The monoisotopic (exact) mass is 257 g/mol. The van der Waals surface area contributed by atoms with Gasteiger partial charge in [0.25, 0.3) is 0 Å². The quantitative estimate of drug-likeness (QED) is 0.897. The highest BCUT2D eigenvalue weighted by atomic mass is 16.5. The normalized spacial score (nSPS) is 18.4. The van der Waals surface area contributed by atoms with E-state index < -0.39 is 5.54 Å². The molecule has 1 aromatic heterocycles. The Morgan fingerprint density at radius 3 is 2.63 bits per heavy atom. The molecular weight excluding hydrogens is 238 g/mol. The van der Waals surface area contributed by atoms with E-state index in [1.54, 1.807) is 0 Å². The molecule has 19 heavy (non-hydrogen) atoms. The molecule has 100 valence electrons. The zero-order valence-corrected chi connectivity index (χ0v) is 11.2. The van der Waals surface area contributed by atoms with E-state index in [0.717, 1.165) is 36.8 Å². The smallest absolute Gasteiger partial charge is 0.247 e. The molecule has 0 bridgehead atoms. The van der Waals surface area contributed by atoms with Crippen molar-refractivity contribution in [2.24, 2.45) is 5.73 Å². The van der Waals surface area contributed by atoms with E-state index in [9.17, 15) is 0 Å². The molecule has 0 atom stereocenters. The summed E-state index contributed by atoms with van der Waals surface area (Å²) >= 11 is 0. The Balaban J connectivity index is 1.93. The summed E-state index contributed by atoms with van der Waals surface area (Å²) < 4.78 is 5.43. The van der Waals surface area contributed by atoms with E-state index >= 15 is 0 Å². The molecule has 0 saturated heterocycles. The number of nitrogens with two attached hydrogens (primary N) is 1. The minimum atomic E-state index is -0.424. The van der Waals surface area contributed by atoms with Crippen LogP contribution in [0.15, 0.2) is 28.8 Å². The molecule has 1 heterocycles. The average molecular weight is 257 g/mol. The van der Waals surface area contributed by atoms with Crippen LogP contribution in [-0.2, 0) is 5.54 Å². The highest BCUT2D eigenvalue weighted by Gasteiger charge is 2.35. The van der Waals surface area contributed by atoms with Crippen molar-refractivity contribution in [3.05, 3.63) is 35.7 Å². The molecule has 1 aromatic carbocycles. The van der Waals surface area contributed by atoms with Gasteiger partial charge in [0.05, 0.1) is 5.54 Å². The molecule has 4 nitrogen and oxygen atoms in total. The first-order valence-electron chi connectivity index (χ1n) is 6.88. The first-order valence-corrected chi connectivity index (χ1v) is 6.88. The summed E-state index contributed by atoms with van der Waals surface area (Å²) in [6, 6.07) is 8.04. The SMILES string of the molecule is Cc1ccccc1-c1noc(C2(N)CCCCC2)n1. The molecule has 0 amide bonds. The van der Waals surface area contributed by atoms with Gasteiger partial charge in [0.1, 0.15) is 0 Å². The number of hydrogen-bond donors (Lipinski definition) is 1. The lowest BCUT2D eigenvalue weighted by molar-refractivity contribution is 0.220. The van der Waals surface area contributed by atoms with E-state index in [1.807, 2.05) is 31.2 Å². The number of hydrogen-bond acceptors (Lipinski definition) is 4. The molecule has 4 heteroatoms. The summed E-state index contributed by atoms with van der Waals surface area (Å²) in [5.74, 6) is 1.23. The lowest BCUT2D eigenvalue weighted by Crippen LogP contribution is -2.38. The first-order chi connectivity index (χ1) is 9.19. The van der Waals surface area contributed by atoms with Gasteiger partial charge in [0.2, 0.25) is 11.7 Å². The Kier molecular flexibility index (Phi) is 3.11. The van der Waals surface area contributed by atoms with Crippen molar-refractivity contribution in [3.63, 3.8) is 0 Å². The standard InChI is InChI=1S/C15H19N3O/c1-11-7-3-4-8-12(11)13-17-14(19-18-13)15(16)9-5-2-6-10-15/h3-4,7-8H,2,5-6,9-10,16H2,1H3. The molecule has 2 N–H and O–H groups in total. The van der Waals surface area contributed by atoms with Gasteiger partial charge >= 0.3 is 0 Å². The van der Waals surface area contributed by atoms with Crippen LogP contribution in [0, 0.1) is 6.92 Å². The van der Waals surface area contributed by atoms with Crippen molar-refractivity contribution in [2.45, 2.75) is 44.6 Å². The minimum absolute atomic E-state index is 0.424. The Hall–Kier alpha value is -1.68. The van der Waals surface area contributed by atoms with Crippen molar-refractivity contribution >= 4 is 0 Å². The molecule has 1 aliphatic rings. The number of benzene rings is 1. The van der Waals surface area contributed by atoms with Crippen molar-refractivity contribution in [1.29, 1.82) is 0 Å². The fourth-order valence-electron chi connectivity index (χ4n) is 2.76. The van der Waals surface area contributed by atoms with Gasteiger partial charge in [-0.25, -0.2) is 0 Å². The molecule has 1 fully saturated rings. The van der Waals surface area contributed by atoms with E-state index in [1.165, 1.54) is 6.42 Å². The maximum Gasteiger partial charge on any atom is 0.247 e. The fraction of sp³-hybridized carbons (Fsp3) is 0.467. The van der Waals surface area contributed by atoms with Gasteiger partial charge in [-0.05, 0) is 25.3 Å². The molecule has 0 unspecified atom stereocenters. The summed E-state index contributed by atoms with van der Waals surface area (Å²) in [6.07, 6.45) is 5.39. The summed E-state index contributed by atoms with van der Waals surface area (Å²) in [6.45, 7) is 2.05. The summed E-state index contributed by atoms with van der Waals surface area (Å²) in [5.41, 5.74) is 8.14. The minimum Gasteiger partial charge on any atom is -0.337 e. The Labute approximate surface area is 113 Å². The van der Waals surface area contributed by atoms with Gasteiger partial charge < -0.3 is 10.3 Å². The van der Waals surface area contributed by atoms with Gasteiger partial charge in [0, 0.05) is 5.56 Å². The molecule has 3 rings (SSSR count). The molecule has 1 aliphatic carbocycles. The van der Waals surface area contributed by atoms with Crippen molar-refractivity contribution in [3.8, 4) is 11.4 Å². The van der Waals surface area contributed by atoms with Crippen LogP contribution in [0.4, 0.5) is 0 Å². The van der Waals surface area contributed by atoms with Gasteiger partial charge in [-0.2, -0.15) is 4.98 Å². The van der Waals surface area contributed by atoms with E-state index in [2.05, 4.69) is 10.1 Å². The topological polar surface area (TPSA) is 64.9 Å². The van der Waals surface area contributed by atoms with Gasteiger partial charge in [-0.15, -0.1) is 0 Å². The van der Waals surface area contributed by atoms with E-state index in [-0.39, 0.29) is 0 Å². The molecule has 2 aromatic rings. The van der Waals surface area contributed by atoms with Crippen LogP contribution in [0.5, 0.6) is 0 Å². The zero-order valence-electron chi connectivity index (χ0n) is 11.2. The van der Waals surface area contributed by atoms with Gasteiger partial charge in [-0.3, -0.25) is 0 Å². The second-order valence-electron chi connectivity index (χ2n) is 5.45. The highest BCUT2D eigenvalue weighted by Crippen LogP contribution is 2.34. The average Bonchev–Trinajstić information content (AvgIpc) is 2.90. The van der Waals surface area contributed by atoms with Crippen molar-refractivity contribution < 1.29 is 4.52 Å². The highest BCUT2D eigenvalue weighted by molar-refractivity contribution is 5.59. The Bertz CT molecular complexity index is 570. The summed E-state index contributed by atoms with van der Waals surface area (Å²) in [5, 5.41) is 4.10. The van der Waals surface area contributed by atoms with Crippen LogP contribution < -0.4 is 5.73 Å². The fourth-order valence-corrected chi connectivity index (χ4v) is 2.76. The third-order valence-corrected chi connectivity index (χ3v) is 3.98. The maximum atomic E-state index is 6.41.